The fourth-order valence-corrected chi connectivity index (χ4v) is 2.65. The van der Waals surface area contributed by atoms with E-state index in [4.69, 9.17) is 9.47 Å². The van der Waals surface area contributed by atoms with Crippen molar-refractivity contribution in [1.82, 2.24) is 15.1 Å². The molecule has 3 rings (SSSR count). The Morgan fingerprint density at radius 2 is 2.04 bits per heavy atom. The van der Waals surface area contributed by atoms with Gasteiger partial charge in [-0.2, -0.15) is 18.3 Å². The van der Waals surface area contributed by atoms with Crippen molar-refractivity contribution in [2.24, 2.45) is 0 Å². The molecule has 9 heteroatoms. The molecule has 0 saturated heterocycles. The Morgan fingerprint density at radius 3 is 2.70 bits per heavy atom. The van der Waals surface area contributed by atoms with Gasteiger partial charge in [0.2, 0.25) is 0 Å². The highest BCUT2D eigenvalue weighted by Gasteiger charge is 2.37. The summed E-state index contributed by atoms with van der Waals surface area (Å²) >= 11 is 0. The van der Waals surface area contributed by atoms with E-state index in [1.54, 1.807) is 24.3 Å². The van der Waals surface area contributed by atoms with Crippen LogP contribution in [0.25, 0.3) is 0 Å². The lowest BCUT2D eigenvalue weighted by atomic mass is 10.2. The van der Waals surface area contributed by atoms with Crippen LogP contribution in [0.1, 0.15) is 30.1 Å². The predicted octanol–water partition coefficient (Wildman–Crippen LogP) is 2.98. The molecule has 0 aliphatic heterocycles. The quantitative estimate of drug-likeness (QED) is 0.761. The van der Waals surface area contributed by atoms with Crippen molar-refractivity contribution in [3.63, 3.8) is 0 Å². The van der Waals surface area contributed by atoms with Crippen molar-refractivity contribution >= 4 is 5.91 Å². The molecule has 6 nitrogen and oxygen atoms in total. The van der Waals surface area contributed by atoms with Crippen LogP contribution in [0.15, 0.2) is 30.3 Å². The number of halogens is 3. The number of nitrogens with one attached hydrogen (secondary N) is 1. The van der Waals surface area contributed by atoms with Crippen LogP contribution in [0.4, 0.5) is 13.2 Å². The van der Waals surface area contributed by atoms with Gasteiger partial charge in [-0.05, 0) is 31.0 Å². The number of carbonyl (C=O) groups excluding carboxylic acids is 1. The normalized spacial score (nSPS) is 14.1. The molecule has 1 saturated carbocycles. The topological polar surface area (TPSA) is 65.4 Å². The van der Waals surface area contributed by atoms with Gasteiger partial charge in [0.15, 0.2) is 12.3 Å². The fourth-order valence-electron chi connectivity index (χ4n) is 2.65. The van der Waals surface area contributed by atoms with Crippen LogP contribution in [-0.2, 0) is 17.5 Å². The average molecular weight is 383 g/mol. The number of nitrogens with zero attached hydrogens (tertiary/aromatic N) is 2. The van der Waals surface area contributed by atoms with Crippen molar-refractivity contribution in [1.29, 1.82) is 0 Å². The monoisotopic (exact) mass is 383 g/mol. The van der Waals surface area contributed by atoms with Gasteiger partial charge in [-0.15, -0.1) is 0 Å². The molecule has 1 heterocycles. The Bertz CT molecular complexity index is 801. The van der Waals surface area contributed by atoms with E-state index in [1.165, 1.54) is 11.8 Å². The number of amides is 1. The van der Waals surface area contributed by atoms with E-state index < -0.39 is 11.9 Å². The lowest BCUT2D eigenvalue weighted by molar-refractivity contribution is -0.141. The molecule has 0 bridgehead atoms. The van der Waals surface area contributed by atoms with E-state index in [0.29, 0.717) is 17.2 Å². The van der Waals surface area contributed by atoms with Crippen LogP contribution in [0.5, 0.6) is 11.5 Å². The summed E-state index contributed by atoms with van der Waals surface area (Å²) in [6.07, 6.45) is -2.74. The summed E-state index contributed by atoms with van der Waals surface area (Å²) in [7, 11) is 1.53. The lowest BCUT2D eigenvalue weighted by Crippen LogP contribution is -2.32. The number of hydrogen-bond acceptors (Lipinski definition) is 4. The molecule has 1 aliphatic rings. The molecular formula is C18H20F3N3O3. The molecule has 1 aromatic heterocycles. The van der Waals surface area contributed by atoms with Gasteiger partial charge in [0, 0.05) is 24.2 Å². The molecule has 1 amide bonds. The molecule has 0 spiro atoms. The highest BCUT2D eigenvalue weighted by atomic mass is 19.4. The molecule has 146 valence electrons. The molecule has 0 radical (unpaired) electrons. The number of benzene rings is 1. The zero-order chi connectivity index (χ0) is 19.4. The number of hydrogen-bond donors (Lipinski definition) is 1. The van der Waals surface area contributed by atoms with Gasteiger partial charge in [0.05, 0.1) is 13.7 Å². The maximum atomic E-state index is 12.9. The summed E-state index contributed by atoms with van der Waals surface area (Å²) in [4.78, 5) is 11.9. The minimum atomic E-state index is -4.47. The molecule has 0 unspecified atom stereocenters. The molecule has 0 atom stereocenters. The fraction of sp³-hybridized carbons (Fsp3) is 0.444. The zero-order valence-electron chi connectivity index (χ0n) is 14.8. The minimum absolute atomic E-state index is 0.126. The maximum Gasteiger partial charge on any atom is 0.435 e. The van der Waals surface area contributed by atoms with Crippen LogP contribution in [-0.4, -0.2) is 35.9 Å². The molecule has 27 heavy (non-hydrogen) atoms. The van der Waals surface area contributed by atoms with Gasteiger partial charge in [0.25, 0.3) is 5.91 Å². The first-order chi connectivity index (χ1) is 12.9. The van der Waals surface area contributed by atoms with Crippen LogP contribution < -0.4 is 14.8 Å². The zero-order valence-corrected chi connectivity index (χ0v) is 14.8. The smallest absolute Gasteiger partial charge is 0.435 e. The van der Waals surface area contributed by atoms with E-state index in [-0.39, 0.29) is 31.5 Å². The highest BCUT2D eigenvalue weighted by molar-refractivity contribution is 5.77. The Labute approximate surface area is 154 Å². The van der Waals surface area contributed by atoms with E-state index in [1.807, 2.05) is 0 Å². The van der Waals surface area contributed by atoms with Crippen LogP contribution in [0.3, 0.4) is 0 Å². The first-order valence-corrected chi connectivity index (χ1v) is 8.55. The van der Waals surface area contributed by atoms with Gasteiger partial charge in [-0.25, -0.2) is 0 Å². The SMILES string of the molecule is COc1cccc(OCC(=O)NCCn2nc(C(F)(F)F)cc2C2CC2)c1. The predicted molar refractivity (Wildman–Crippen MR) is 90.7 cm³/mol. The lowest BCUT2D eigenvalue weighted by Gasteiger charge is -2.10. The van der Waals surface area contributed by atoms with Crippen molar-refractivity contribution in [2.45, 2.75) is 31.5 Å². The standard InChI is InChI=1S/C18H20F3N3O3/c1-26-13-3-2-4-14(9-13)27-11-17(25)22-7-8-24-15(12-5-6-12)10-16(23-24)18(19,20)21/h2-4,9-10,12H,5-8,11H2,1H3,(H,22,25). The molecule has 1 aliphatic carbocycles. The third-order valence-electron chi connectivity index (χ3n) is 4.15. The Kier molecular flexibility index (Phi) is 5.57. The first-order valence-electron chi connectivity index (χ1n) is 8.55. The van der Waals surface area contributed by atoms with Gasteiger partial charge in [-0.1, -0.05) is 6.07 Å². The summed E-state index contributed by atoms with van der Waals surface area (Å²) in [5, 5.41) is 6.27. The van der Waals surface area contributed by atoms with E-state index in [2.05, 4.69) is 10.4 Å². The second-order valence-corrected chi connectivity index (χ2v) is 6.27. The van der Waals surface area contributed by atoms with Crippen molar-refractivity contribution in [2.75, 3.05) is 20.3 Å². The third-order valence-corrected chi connectivity index (χ3v) is 4.15. The number of aromatic nitrogens is 2. The van der Waals surface area contributed by atoms with Crippen molar-refractivity contribution < 1.29 is 27.4 Å². The molecule has 1 fully saturated rings. The van der Waals surface area contributed by atoms with Crippen LogP contribution >= 0.6 is 0 Å². The minimum Gasteiger partial charge on any atom is -0.497 e. The Hall–Kier alpha value is -2.71. The highest BCUT2D eigenvalue weighted by Crippen LogP contribution is 2.42. The van der Waals surface area contributed by atoms with Gasteiger partial charge < -0.3 is 14.8 Å². The average Bonchev–Trinajstić information content (AvgIpc) is 3.39. The molecular weight excluding hydrogens is 363 g/mol. The number of ether oxygens (including phenoxy) is 2. The van der Waals surface area contributed by atoms with E-state index in [0.717, 1.165) is 18.9 Å². The maximum absolute atomic E-state index is 12.9. The summed E-state index contributed by atoms with van der Waals surface area (Å²) < 4.78 is 50.4. The van der Waals surface area contributed by atoms with Crippen LogP contribution in [0, 0.1) is 0 Å². The van der Waals surface area contributed by atoms with Crippen molar-refractivity contribution in [3.05, 3.63) is 41.7 Å². The summed E-state index contributed by atoms with van der Waals surface area (Å²) in [6, 6.07) is 7.94. The summed E-state index contributed by atoms with van der Waals surface area (Å²) in [6.45, 7) is 0.140. The Balaban J connectivity index is 1.49. The van der Waals surface area contributed by atoms with Gasteiger partial charge >= 0.3 is 6.18 Å². The molecule has 1 N–H and O–H groups in total. The van der Waals surface area contributed by atoms with Crippen molar-refractivity contribution in [3.8, 4) is 11.5 Å². The summed E-state index contributed by atoms with van der Waals surface area (Å²) in [5.41, 5.74) is -0.318. The number of methoxy groups -OCH3 is 1. The van der Waals surface area contributed by atoms with Crippen LogP contribution in [0.2, 0.25) is 0 Å². The third kappa shape index (κ3) is 5.15. The summed E-state index contributed by atoms with van der Waals surface area (Å²) in [5.74, 6) is 0.858. The first kappa shape index (κ1) is 19.1. The largest absolute Gasteiger partial charge is 0.497 e. The number of rotatable bonds is 8. The number of alkyl halides is 3. The van der Waals surface area contributed by atoms with E-state index >= 15 is 0 Å². The second-order valence-electron chi connectivity index (χ2n) is 6.27. The molecule has 1 aromatic carbocycles. The van der Waals surface area contributed by atoms with E-state index in [9.17, 15) is 18.0 Å². The number of carbonyl (C=O) groups is 1. The Morgan fingerprint density at radius 1 is 1.30 bits per heavy atom. The second kappa shape index (κ2) is 7.89. The molecule has 2 aromatic rings. The van der Waals surface area contributed by atoms with Gasteiger partial charge in [-0.3, -0.25) is 9.48 Å². The van der Waals surface area contributed by atoms with Gasteiger partial charge in [0.1, 0.15) is 11.5 Å².